The summed E-state index contributed by atoms with van der Waals surface area (Å²) in [7, 11) is 0. The largest absolute Gasteiger partial charge is 0.461 e. The molecule has 0 saturated heterocycles. The molecule has 0 aromatic heterocycles. The van der Waals surface area contributed by atoms with E-state index in [0.29, 0.717) is 12.3 Å². The Bertz CT molecular complexity index is 555. The van der Waals surface area contributed by atoms with Crippen molar-refractivity contribution in [3.63, 3.8) is 0 Å². The van der Waals surface area contributed by atoms with Crippen molar-refractivity contribution in [3.05, 3.63) is 36.5 Å². The van der Waals surface area contributed by atoms with Gasteiger partial charge < -0.3 is 14.9 Å². The number of esters is 1. The van der Waals surface area contributed by atoms with Gasteiger partial charge in [0.25, 0.3) is 0 Å². The highest BCUT2D eigenvalue weighted by Gasteiger charge is 2.39. The standard InChI is InChI=1S/C22H36O4/c1-8-22(7)12-11-17(13-19(22)15(2)3)18(14-26-16(4)23)9-10-20(24)21(5,6)25/h8-9,17,19-20,24-25H,1-2,10-14H2,3-7H3. The first-order valence-electron chi connectivity index (χ1n) is 9.42. The van der Waals surface area contributed by atoms with E-state index in [1.165, 1.54) is 6.92 Å². The molecule has 0 aromatic rings. The van der Waals surface area contributed by atoms with Crippen LogP contribution in [0.1, 0.15) is 60.3 Å². The number of hydrogen-bond donors (Lipinski definition) is 2. The molecule has 4 nitrogen and oxygen atoms in total. The van der Waals surface area contributed by atoms with Crippen LogP contribution in [0.5, 0.6) is 0 Å². The molecular formula is C22H36O4. The molecule has 0 aliphatic heterocycles. The minimum Gasteiger partial charge on any atom is -0.461 e. The average Bonchev–Trinajstić information content (AvgIpc) is 2.54. The van der Waals surface area contributed by atoms with Crippen LogP contribution in [0, 0.1) is 17.3 Å². The van der Waals surface area contributed by atoms with Crippen molar-refractivity contribution in [2.24, 2.45) is 17.3 Å². The molecule has 1 rings (SSSR count). The molecule has 1 saturated carbocycles. The Morgan fingerprint density at radius 1 is 1.42 bits per heavy atom. The van der Waals surface area contributed by atoms with E-state index < -0.39 is 11.7 Å². The molecule has 4 atom stereocenters. The van der Waals surface area contributed by atoms with Gasteiger partial charge in [-0.1, -0.05) is 31.2 Å². The summed E-state index contributed by atoms with van der Waals surface area (Å²) in [6.45, 7) is 17.3. The van der Waals surface area contributed by atoms with Crippen molar-refractivity contribution < 1.29 is 19.7 Å². The molecule has 0 aromatic carbocycles. The number of aliphatic hydroxyl groups excluding tert-OH is 1. The van der Waals surface area contributed by atoms with Gasteiger partial charge in [-0.25, -0.2) is 0 Å². The first-order chi connectivity index (χ1) is 11.9. The molecule has 0 radical (unpaired) electrons. The summed E-state index contributed by atoms with van der Waals surface area (Å²) >= 11 is 0. The molecule has 26 heavy (non-hydrogen) atoms. The van der Waals surface area contributed by atoms with Crippen molar-refractivity contribution >= 4 is 5.97 Å². The second kappa shape index (κ2) is 9.01. The third kappa shape index (κ3) is 6.10. The predicted octanol–water partition coefficient (Wildman–Crippen LogP) is 4.18. The van der Waals surface area contributed by atoms with Gasteiger partial charge in [-0.15, -0.1) is 6.58 Å². The number of rotatable bonds is 8. The maximum atomic E-state index is 11.3. The van der Waals surface area contributed by atoms with Crippen molar-refractivity contribution in [1.82, 2.24) is 0 Å². The van der Waals surface area contributed by atoms with Gasteiger partial charge in [0.2, 0.25) is 0 Å². The van der Waals surface area contributed by atoms with Crippen LogP contribution in [-0.4, -0.2) is 34.5 Å². The van der Waals surface area contributed by atoms with Crippen LogP contribution in [0.3, 0.4) is 0 Å². The Morgan fingerprint density at radius 2 is 2.04 bits per heavy atom. The Hall–Kier alpha value is -1.39. The summed E-state index contributed by atoms with van der Waals surface area (Å²) < 4.78 is 5.26. The number of carbonyl (C=O) groups excluding carboxylic acids is 1. The summed E-state index contributed by atoms with van der Waals surface area (Å²) in [6, 6.07) is 0. The maximum absolute atomic E-state index is 11.3. The van der Waals surface area contributed by atoms with Gasteiger partial charge in [0.05, 0.1) is 11.7 Å². The molecule has 0 amide bonds. The zero-order valence-electron chi connectivity index (χ0n) is 17.0. The molecular weight excluding hydrogens is 328 g/mol. The van der Waals surface area contributed by atoms with Gasteiger partial charge in [-0.05, 0) is 69.3 Å². The van der Waals surface area contributed by atoms with Crippen molar-refractivity contribution in [3.8, 4) is 0 Å². The van der Waals surface area contributed by atoms with Crippen molar-refractivity contribution in [1.29, 1.82) is 0 Å². The highest BCUT2D eigenvalue weighted by atomic mass is 16.5. The van der Waals surface area contributed by atoms with Gasteiger partial charge in [0, 0.05) is 6.92 Å². The molecule has 1 fully saturated rings. The minimum atomic E-state index is -1.17. The summed E-state index contributed by atoms with van der Waals surface area (Å²) in [4.78, 5) is 11.3. The smallest absolute Gasteiger partial charge is 0.302 e. The Morgan fingerprint density at radius 3 is 2.50 bits per heavy atom. The van der Waals surface area contributed by atoms with Crippen LogP contribution in [-0.2, 0) is 9.53 Å². The highest BCUT2D eigenvalue weighted by Crippen LogP contribution is 2.49. The van der Waals surface area contributed by atoms with Crippen LogP contribution in [0.2, 0.25) is 0 Å². The average molecular weight is 365 g/mol. The number of aliphatic hydroxyl groups is 2. The van der Waals surface area contributed by atoms with Crippen LogP contribution in [0.25, 0.3) is 0 Å². The Labute approximate surface area is 158 Å². The molecule has 4 unspecified atom stereocenters. The molecule has 0 bridgehead atoms. The van der Waals surface area contributed by atoms with E-state index in [1.54, 1.807) is 13.8 Å². The van der Waals surface area contributed by atoms with Crippen LogP contribution in [0.4, 0.5) is 0 Å². The van der Waals surface area contributed by atoms with Gasteiger partial charge in [-0.3, -0.25) is 4.79 Å². The number of ether oxygens (including phenoxy) is 1. The van der Waals surface area contributed by atoms with Crippen molar-refractivity contribution in [2.75, 3.05) is 6.61 Å². The quantitative estimate of drug-likeness (QED) is 0.501. The lowest BCUT2D eigenvalue weighted by Gasteiger charge is -2.44. The monoisotopic (exact) mass is 364 g/mol. The fourth-order valence-corrected chi connectivity index (χ4v) is 3.76. The van der Waals surface area contributed by atoms with Gasteiger partial charge in [0.1, 0.15) is 6.61 Å². The second-order valence-electron chi connectivity index (χ2n) is 8.54. The number of carbonyl (C=O) groups is 1. The first-order valence-corrected chi connectivity index (χ1v) is 9.42. The van der Waals surface area contributed by atoms with E-state index >= 15 is 0 Å². The SMILES string of the molecule is C=CC1(C)CCC(C(=CCC(O)C(C)(C)O)COC(C)=O)CC1C(=C)C. The second-order valence-corrected chi connectivity index (χ2v) is 8.54. The summed E-state index contributed by atoms with van der Waals surface area (Å²) in [5, 5.41) is 20.1. The Kier molecular flexibility index (Phi) is 7.85. The molecule has 0 heterocycles. The molecule has 148 valence electrons. The normalized spacial score (nSPS) is 28.3. The number of hydrogen-bond acceptors (Lipinski definition) is 4. The van der Waals surface area contributed by atoms with Crippen LogP contribution >= 0.6 is 0 Å². The zero-order valence-corrected chi connectivity index (χ0v) is 17.0. The Balaban J connectivity index is 3.01. The highest BCUT2D eigenvalue weighted by molar-refractivity contribution is 5.66. The summed E-state index contributed by atoms with van der Waals surface area (Å²) in [5.74, 6) is 0.263. The molecule has 1 aliphatic rings. The van der Waals surface area contributed by atoms with E-state index in [1.807, 2.05) is 12.2 Å². The molecule has 4 heteroatoms. The fourth-order valence-electron chi connectivity index (χ4n) is 3.76. The lowest BCUT2D eigenvalue weighted by molar-refractivity contribution is -0.140. The molecule has 0 spiro atoms. The summed E-state index contributed by atoms with van der Waals surface area (Å²) in [6.07, 6.45) is 6.31. The van der Waals surface area contributed by atoms with E-state index in [4.69, 9.17) is 4.74 Å². The van der Waals surface area contributed by atoms with Gasteiger partial charge >= 0.3 is 5.97 Å². The third-order valence-electron chi connectivity index (χ3n) is 5.79. The van der Waals surface area contributed by atoms with Gasteiger partial charge in [-0.2, -0.15) is 0 Å². The summed E-state index contributed by atoms with van der Waals surface area (Å²) in [5.41, 5.74) is 1.01. The van der Waals surface area contributed by atoms with E-state index in [-0.39, 0.29) is 23.9 Å². The van der Waals surface area contributed by atoms with E-state index in [9.17, 15) is 15.0 Å². The minimum absolute atomic E-state index is 0.0292. The van der Waals surface area contributed by atoms with Crippen LogP contribution < -0.4 is 0 Å². The topological polar surface area (TPSA) is 66.8 Å². The van der Waals surface area contributed by atoms with Crippen molar-refractivity contribution in [2.45, 2.75) is 72.0 Å². The lowest BCUT2D eigenvalue weighted by Crippen LogP contribution is -2.36. The maximum Gasteiger partial charge on any atom is 0.302 e. The molecule has 1 aliphatic carbocycles. The fraction of sp³-hybridized carbons (Fsp3) is 0.682. The van der Waals surface area contributed by atoms with E-state index in [2.05, 4.69) is 27.0 Å². The first kappa shape index (κ1) is 22.7. The van der Waals surface area contributed by atoms with E-state index in [0.717, 1.165) is 30.4 Å². The lowest BCUT2D eigenvalue weighted by atomic mass is 9.61. The van der Waals surface area contributed by atoms with Gasteiger partial charge in [0.15, 0.2) is 0 Å². The van der Waals surface area contributed by atoms with Crippen LogP contribution in [0.15, 0.2) is 36.5 Å². The predicted molar refractivity (Wildman–Crippen MR) is 106 cm³/mol. The molecule has 2 N–H and O–H groups in total. The third-order valence-corrected chi connectivity index (χ3v) is 5.79. The number of allylic oxidation sites excluding steroid dienone is 2. The zero-order chi connectivity index (χ0) is 20.1.